The van der Waals surface area contributed by atoms with E-state index in [1.54, 1.807) is 0 Å². The fourth-order valence-corrected chi connectivity index (χ4v) is 1.42. The summed E-state index contributed by atoms with van der Waals surface area (Å²) in [7, 11) is 0. The number of aromatic nitrogens is 1. The molecule has 2 N–H and O–H groups in total. The van der Waals surface area contributed by atoms with Gasteiger partial charge in [0.2, 0.25) is 0 Å². The fourth-order valence-electron chi connectivity index (χ4n) is 1.42. The van der Waals surface area contributed by atoms with Gasteiger partial charge in [-0.1, -0.05) is 19.8 Å². The summed E-state index contributed by atoms with van der Waals surface area (Å²) < 4.78 is 33.7. The molecule has 106 valence electrons. The van der Waals surface area contributed by atoms with E-state index in [1.165, 1.54) is 6.07 Å². The van der Waals surface area contributed by atoms with Crippen LogP contribution in [-0.2, 0) is 0 Å². The number of primary amides is 1. The highest BCUT2D eigenvalue weighted by Gasteiger charge is 2.14. The van der Waals surface area contributed by atoms with Gasteiger partial charge in [0, 0.05) is 6.07 Å². The van der Waals surface area contributed by atoms with E-state index in [4.69, 9.17) is 10.5 Å². The summed E-state index contributed by atoms with van der Waals surface area (Å²) in [6.07, 6.45) is 3.77. The van der Waals surface area contributed by atoms with Crippen LogP contribution >= 0.6 is 0 Å². The molecular weight excluding hydrogens is 258 g/mol. The van der Waals surface area contributed by atoms with Crippen LogP contribution in [0.2, 0.25) is 0 Å². The van der Waals surface area contributed by atoms with Gasteiger partial charge in [0.25, 0.3) is 5.91 Å². The minimum Gasteiger partial charge on any atom is -0.491 e. The first-order valence-corrected chi connectivity index (χ1v) is 5.92. The van der Waals surface area contributed by atoms with Crippen LogP contribution in [0.4, 0.5) is 8.78 Å². The molecule has 0 fully saturated rings. The summed E-state index contributed by atoms with van der Waals surface area (Å²) >= 11 is 0. The van der Waals surface area contributed by atoms with Gasteiger partial charge in [0.15, 0.2) is 11.4 Å². The summed E-state index contributed by atoms with van der Waals surface area (Å²) in [5, 5.41) is 0. The van der Waals surface area contributed by atoms with E-state index in [1.807, 2.05) is 6.92 Å². The van der Waals surface area contributed by atoms with Crippen molar-refractivity contribution in [3.63, 3.8) is 0 Å². The van der Waals surface area contributed by atoms with E-state index >= 15 is 0 Å². The minimum absolute atomic E-state index is 0.0572. The van der Waals surface area contributed by atoms with Crippen LogP contribution < -0.4 is 15.2 Å². The van der Waals surface area contributed by atoms with Crippen LogP contribution in [0, 0.1) is 0 Å². The van der Waals surface area contributed by atoms with Crippen LogP contribution in [-0.4, -0.2) is 24.1 Å². The molecule has 0 unspecified atom stereocenters. The summed E-state index contributed by atoms with van der Waals surface area (Å²) in [6, 6.07) is 1.19. The van der Waals surface area contributed by atoms with Crippen molar-refractivity contribution >= 4 is 5.91 Å². The monoisotopic (exact) mass is 274 g/mol. The second-order valence-electron chi connectivity index (χ2n) is 3.82. The molecule has 1 aromatic rings. The second kappa shape index (κ2) is 7.50. The number of hydrogen-bond donors (Lipinski definition) is 1. The van der Waals surface area contributed by atoms with E-state index in [0.717, 1.165) is 25.5 Å². The van der Waals surface area contributed by atoms with Gasteiger partial charge < -0.3 is 15.2 Å². The van der Waals surface area contributed by atoms with Crippen molar-refractivity contribution in [2.75, 3.05) is 6.61 Å². The van der Waals surface area contributed by atoms with Crippen LogP contribution in [0.5, 0.6) is 11.5 Å². The molecule has 0 aliphatic carbocycles. The highest BCUT2D eigenvalue weighted by atomic mass is 19.3. The summed E-state index contributed by atoms with van der Waals surface area (Å²) in [4.78, 5) is 14.8. The largest absolute Gasteiger partial charge is 0.491 e. The zero-order valence-electron chi connectivity index (χ0n) is 10.6. The Hall–Kier alpha value is -1.92. The average molecular weight is 274 g/mol. The molecule has 0 bridgehead atoms. The molecule has 0 atom stereocenters. The van der Waals surface area contributed by atoms with Crippen molar-refractivity contribution in [2.24, 2.45) is 5.73 Å². The lowest BCUT2D eigenvalue weighted by Gasteiger charge is -2.11. The number of ether oxygens (including phenoxy) is 2. The number of hydrogen-bond acceptors (Lipinski definition) is 4. The van der Waals surface area contributed by atoms with Crippen molar-refractivity contribution in [1.82, 2.24) is 4.98 Å². The van der Waals surface area contributed by atoms with Crippen LogP contribution in [0.25, 0.3) is 0 Å². The Morgan fingerprint density at radius 2 is 2.21 bits per heavy atom. The molecule has 0 aliphatic rings. The van der Waals surface area contributed by atoms with Crippen LogP contribution in [0.3, 0.4) is 0 Å². The molecule has 0 saturated heterocycles. The molecule has 1 rings (SSSR count). The zero-order chi connectivity index (χ0) is 14.3. The quantitative estimate of drug-likeness (QED) is 0.738. The molecule has 1 heterocycles. The first-order chi connectivity index (χ1) is 9.04. The maximum Gasteiger partial charge on any atom is 0.387 e. The van der Waals surface area contributed by atoms with Gasteiger partial charge in [-0.3, -0.25) is 4.79 Å². The maximum absolute atomic E-state index is 12.1. The Bertz CT molecular complexity index is 427. The number of pyridine rings is 1. The van der Waals surface area contributed by atoms with Gasteiger partial charge >= 0.3 is 6.61 Å². The highest BCUT2D eigenvalue weighted by Crippen LogP contribution is 2.23. The number of nitrogens with two attached hydrogens (primary N) is 1. The van der Waals surface area contributed by atoms with Gasteiger partial charge in [-0.15, -0.1) is 0 Å². The predicted octanol–water partition coefficient (Wildman–Crippen LogP) is 2.35. The predicted molar refractivity (Wildman–Crippen MR) is 64.4 cm³/mol. The summed E-state index contributed by atoms with van der Waals surface area (Å²) in [5.41, 5.74) is 5.03. The van der Waals surface area contributed by atoms with Gasteiger partial charge in [-0.25, -0.2) is 4.98 Å². The normalized spacial score (nSPS) is 10.5. The molecule has 0 radical (unpaired) electrons. The van der Waals surface area contributed by atoms with Crippen molar-refractivity contribution in [3.05, 3.63) is 18.0 Å². The van der Waals surface area contributed by atoms with Gasteiger partial charge in [0.05, 0.1) is 12.8 Å². The van der Waals surface area contributed by atoms with Crippen molar-refractivity contribution in [3.8, 4) is 11.5 Å². The van der Waals surface area contributed by atoms with Crippen molar-refractivity contribution < 1.29 is 23.0 Å². The van der Waals surface area contributed by atoms with E-state index in [-0.39, 0.29) is 17.2 Å². The number of halogens is 2. The SMILES string of the molecule is CCCCCOc1cc(OC(F)F)cnc1C(N)=O. The molecule has 0 aromatic carbocycles. The van der Waals surface area contributed by atoms with Crippen molar-refractivity contribution in [1.29, 1.82) is 0 Å². The molecular formula is C12H16F2N2O3. The molecule has 0 saturated carbocycles. The van der Waals surface area contributed by atoms with E-state index < -0.39 is 12.5 Å². The van der Waals surface area contributed by atoms with Crippen molar-refractivity contribution in [2.45, 2.75) is 32.8 Å². The Morgan fingerprint density at radius 3 is 2.79 bits per heavy atom. The Labute approximate surface area is 109 Å². The summed E-state index contributed by atoms with van der Waals surface area (Å²) in [6.45, 7) is -0.573. The Morgan fingerprint density at radius 1 is 1.47 bits per heavy atom. The van der Waals surface area contributed by atoms with Crippen LogP contribution in [0.1, 0.15) is 36.7 Å². The number of nitrogens with zero attached hydrogens (tertiary/aromatic N) is 1. The third-order valence-electron chi connectivity index (χ3n) is 2.29. The number of carbonyl (C=O) groups is 1. The lowest BCUT2D eigenvalue weighted by atomic mass is 10.2. The highest BCUT2D eigenvalue weighted by molar-refractivity contribution is 5.93. The standard InChI is InChI=1S/C12H16F2N2O3/c1-2-3-4-5-18-9-6-8(19-12(13)14)7-16-10(9)11(15)17/h6-7,12H,2-5H2,1H3,(H2,15,17). The number of carbonyl (C=O) groups excluding carboxylic acids is 1. The van der Waals surface area contributed by atoms with E-state index in [9.17, 15) is 13.6 Å². The number of unbranched alkanes of at least 4 members (excludes halogenated alkanes) is 2. The van der Waals surface area contributed by atoms with Gasteiger partial charge in [-0.05, 0) is 6.42 Å². The van der Waals surface area contributed by atoms with Crippen LogP contribution in [0.15, 0.2) is 12.3 Å². The topological polar surface area (TPSA) is 74.4 Å². The number of amides is 1. The average Bonchev–Trinajstić information content (AvgIpc) is 2.34. The number of alkyl halides is 2. The molecule has 0 aliphatic heterocycles. The second-order valence-corrected chi connectivity index (χ2v) is 3.82. The molecule has 7 heteroatoms. The zero-order valence-corrected chi connectivity index (χ0v) is 10.6. The lowest BCUT2D eigenvalue weighted by Crippen LogP contribution is -2.16. The molecule has 5 nitrogen and oxygen atoms in total. The third kappa shape index (κ3) is 5.07. The maximum atomic E-state index is 12.1. The lowest BCUT2D eigenvalue weighted by molar-refractivity contribution is -0.0501. The van der Waals surface area contributed by atoms with Gasteiger partial charge in [0.1, 0.15) is 5.75 Å². The summed E-state index contributed by atoms with van der Waals surface area (Å²) in [5.74, 6) is -0.902. The first kappa shape index (κ1) is 15.1. The molecule has 1 amide bonds. The Kier molecular flexibility index (Phi) is 5.98. The smallest absolute Gasteiger partial charge is 0.387 e. The van der Waals surface area contributed by atoms with E-state index in [2.05, 4.69) is 9.72 Å². The van der Waals surface area contributed by atoms with E-state index in [0.29, 0.717) is 6.61 Å². The molecule has 1 aromatic heterocycles. The van der Waals surface area contributed by atoms with Gasteiger partial charge in [-0.2, -0.15) is 8.78 Å². The minimum atomic E-state index is -2.96. The third-order valence-corrected chi connectivity index (χ3v) is 2.29. The fraction of sp³-hybridized carbons (Fsp3) is 0.500. The molecule has 0 spiro atoms. The molecule has 19 heavy (non-hydrogen) atoms. The Balaban J connectivity index is 2.79. The first-order valence-electron chi connectivity index (χ1n) is 5.92. The number of rotatable bonds is 8.